The quantitative estimate of drug-likeness (QED) is 0.532. The largest absolute Gasteiger partial charge is 0.398 e. The SMILES string of the molecule is Nc1ccccc1C1=NSNS1. The van der Waals surface area contributed by atoms with Gasteiger partial charge in [0.25, 0.3) is 0 Å². The zero-order valence-electron chi connectivity index (χ0n) is 6.15. The topological polar surface area (TPSA) is 50.4 Å². The molecule has 0 aliphatic carbocycles. The summed E-state index contributed by atoms with van der Waals surface area (Å²) < 4.78 is 7.14. The molecule has 2 rings (SSSR count). The number of hydrogen-bond acceptors (Lipinski definition) is 5. The van der Waals surface area contributed by atoms with Gasteiger partial charge in [0.05, 0.1) is 12.1 Å². The summed E-state index contributed by atoms with van der Waals surface area (Å²) in [5, 5.41) is 0.943. The number of anilines is 1. The second kappa shape index (κ2) is 3.38. The van der Waals surface area contributed by atoms with E-state index in [9.17, 15) is 0 Å². The molecular formula is C7H7N3S2. The summed E-state index contributed by atoms with van der Waals surface area (Å²) in [7, 11) is 0. The molecule has 0 amide bonds. The van der Waals surface area contributed by atoms with Crippen LogP contribution >= 0.6 is 24.1 Å². The Morgan fingerprint density at radius 2 is 2.17 bits per heavy atom. The fourth-order valence-corrected chi connectivity index (χ4v) is 2.28. The van der Waals surface area contributed by atoms with Crippen molar-refractivity contribution in [3.8, 4) is 0 Å². The number of nitrogens with one attached hydrogen (secondary N) is 1. The lowest BCUT2D eigenvalue weighted by Crippen LogP contribution is -1.99. The minimum atomic E-state index is 0.771. The summed E-state index contributed by atoms with van der Waals surface area (Å²) in [4.78, 5) is 0. The number of nitrogens with zero attached hydrogens (tertiary/aromatic N) is 1. The number of benzene rings is 1. The van der Waals surface area contributed by atoms with Gasteiger partial charge >= 0.3 is 0 Å². The Bertz CT molecular complexity index is 324. The summed E-state index contributed by atoms with van der Waals surface area (Å²) in [5.74, 6) is 0. The molecule has 1 heterocycles. The maximum Gasteiger partial charge on any atom is 0.131 e. The lowest BCUT2D eigenvalue weighted by molar-refractivity contribution is 1.64. The van der Waals surface area contributed by atoms with E-state index in [0.29, 0.717) is 0 Å². The number of nitrogens with two attached hydrogens (primary N) is 1. The average molecular weight is 197 g/mol. The summed E-state index contributed by atoms with van der Waals surface area (Å²) in [5.41, 5.74) is 7.54. The van der Waals surface area contributed by atoms with E-state index in [1.54, 1.807) is 0 Å². The van der Waals surface area contributed by atoms with E-state index in [1.807, 2.05) is 24.3 Å². The fourth-order valence-electron chi connectivity index (χ4n) is 0.933. The van der Waals surface area contributed by atoms with E-state index in [0.717, 1.165) is 16.3 Å². The molecule has 0 unspecified atom stereocenters. The normalized spacial score (nSPS) is 16.2. The van der Waals surface area contributed by atoms with Crippen LogP contribution in [0.3, 0.4) is 0 Å². The third-order valence-electron chi connectivity index (χ3n) is 1.50. The average Bonchev–Trinajstić information content (AvgIpc) is 2.57. The van der Waals surface area contributed by atoms with Crippen molar-refractivity contribution in [2.75, 3.05) is 5.73 Å². The summed E-state index contributed by atoms with van der Waals surface area (Å²) >= 11 is 2.82. The molecule has 1 aliphatic heterocycles. The van der Waals surface area contributed by atoms with Crippen molar-refractivity contribution < 1.29 is 0 Å². The highest BCUT2D eigenvalue weighted by atomic mass is 32.2. The van der Waals surface area contributed by atoms with E-state index in [4.69, 9.17) is 5.73 Å². The molecule has 0 atom stereocenters. The Morgan fingerprint density at radius 3 is 2.83 bits per heavy atom. The first-order valence-electron chi connectivity index (χ1n) is 3.38. The Balaban J connectivity index is 2.39. The highest BCUT2D eigenvalue weighted by Crippen LogP contribution is 2.25. The molecule has 0 saturated heterocycles. The van der Waals surface area contributed by atoms with Crippen LogP contribution in [0, 0.1) is 0 Å². The molecule has 1 aromatic carbocycles. The van der Waals surface area contributed by atoms with Gasteiger partial charge in [-0.3, -0.25) is 0 Å². The molecule has 0 radical (unpaired) electrons. The predicted octanol–water partition coefficient (Wildman–Crippen LogP) is 1.83. The van der Waals surface area contributed by atoms with Crippen molar-refractivity contribution >= 4 is 34.8 Å². The molecule has 3 nitrogen and oxygen atoms in total. The Hall–Kier alpha value is -0.650. The maximum atomic E-state index is 5.77. The van der Waals surface area contributed by atoms with Crippen LogP contribution in [0.15, 0.2) is 28.7 Å². The Kier molecular flexibility index (Phi) is 2.25. The van der Waals surface area contributed by atoms with Crippen molar-refractivity contribution in [1.82, 2.24) is 4.13 Å². The lowest BCUT2D eigenvalue weighted by atomic mass is 10.2. The summed E-state index contributed by atoms with van der Waals surface area (Å²) in [6.07, 6.45) is 0. The van der Waals surface area contributed by atoms with Crippen LogP contribution in [0.25, 0.3) is 0 Å². The molecule has 12 heavy (non-hydrogen) atoms. The van der Waals surface area contributed by atoms with E-state index >= 15 is 0 Å². The molecule has 5 heteroatoms. The minimum absolute atomic E-state index is 0.771. The van der Waals surface area contributed by atoms with E-state index < -0.39 is 0 Å². The first-order valence-corrected chi connectivity index (χ1v) is 4.97. The van der Waals surface area contributed by atoms with Crippen LogP contribution in [-0.2, 0) is 0 Å². The van der Waals surface area contributed by atoms with Gasteiger partial charge in [-0.25, -0.2) is 0 Å². The van der Waals surface area contributed by atoms with Crippen LogP contribution in [0.5, 0.6) is 0 Å². The fraction of sp³-hybridized carbons (Fsp3) is 0. The first kappa shape index (κ1) is 7.97. The second-order valence-electron chi connectivity index (χ2n) is 2.26. The molecule has 62 valence electrons. The van der Waals surface area contributed by atoms with Crippen molar-refractivity contribution in [2.45, 2.75) is 0 Å². The number of hydrogen-bond donors (Lipinski definition) is 2. The Morgan fingerprint density at radius 1 is 1.33 bits per heavy atom. The van der Waals surface area contributed by atoms with Gasteiger partial charge in [-0.1, -0.05) is 18.2 Å². The van der Waals surface area contributed by atoms with Crippen molar-refractivity contribution in [3.63, 3.8) is 0 Å². The van der Waals surface area contributed by atoms with Crippen LogP contribution in [0.4, 0.5) is 5.69 Å². The predicted molar refractivity (Wildman–Crippen MR) is 55.7 cm³/mol. The minimum Gasteiger partial charge on any atom is -0.398 e. The zero-order valence-corrected chi connectivity index (χ0v) is 7.78. The van der Waals surface area contributed by atoms with Gasteiger partial charge in [0.2, 0.25) is 0 Å². The molecule has 3 N–H and O–H groups in total. The van der Waals surface area contributed by atoms with Gasteiger partial charge in [0, 0.05) is 11.3 Å². The monoisotopic (exact) mass is 197 g/mol. The second-order valence-corrected chi connectivity index (χ2v) is 3.88. The van der Waals surface area contributed by atoms with Crippen molar-refractivity contribution in [3.05, 3.63) is 29.8 Å². The van der Waals surface area contributed by atoms with Gasteiger partial charge in [0.1, 0.15) is 5.04 Å². The van der Waals surface area contributed by atoms with Gasteiger partial charge in [-0.05, 0) is 18.0 Å². The van der Waals surface area contributed by atoms with Crippen LogP contribution in [-0.4, -0.2) is 5.04 Å². The molecule has 0 bridgehead atoms. The molecule has 0 spiro atoms. The smallest absolute Gasteiger partial charge is 0.131 e. The van der Waals surface area contributed by atoms with Crippen LogP contribution < -0.4 is 9.86 Å². The van der Waals surface area contributed by atoms with Gasteiger partial charge < -0.3 is 5.73 Å². The zero-order chi connectivity index (χ0) is 8.39. The van der Waals surface area contributed by atoms with Crippen molar-refractivity contribution in [2.24, 2.45) is 4.40 Å². The standard InChI is InChI=1S/C7H7N3S2/c8-6-4-2-1-3-5(6)7-9-12-10-11-7/h1-4,10H,8H2. The maximum absolute atomic E-state index is 5.77. The van der Waals surface area contributed by atoms with E-state index in [1.165, 1.54) is 24.1 Å². The van der Waals surface area contributed by atoms with E-state index in [-0.39, 0.29) is 0 Å². The van der Waals surface area contributed by atoms with E-state index in [2.05, 4.69) is 8.53 Å². The van der Waals surface area contributed by atoms with Gasteiger partial charge in [-0.15, -0.1) is 0 Å². The molecule has 0 fully saturated rings. The molecule has 1 aliphatic rings. The third kappa shape index (κ3) is 1.43. The van der Waals surface area contributed by atoms with Crippen molar-refractivity contribution in [1.29, 1.82) is 0 Å². The number of para-hydroxylation sites is 1. The van der Waals surface area contributed by atoms with Gasteiger partial charge in [-0.2, -0.15) is 8.53 Å². The molecule has 1 aromatic rings. The first-order chi connectivity index (χ1) is 5.88. The number of nitrogen functional groups attached to an aromatic ring is 1. The highest BCUT2D eigenvalue weighted by Gasteiger charge is 2.12. The molecule has 0 saturated carbocycles. The number of rotatable bonds is 1. The summed E-state index contributed by atoms with van der Waals surface area (Å²) in [6.45, 7) is 0. The van der Waals surface area contributed by atoms with Crippen LogP contribution in [0.2, 0.25) is 0 Å². The highest BCUT2D eigenvalue weighted by molar-refractivity contribution is 8.24. The van der Waals surface area contributed by atoms with Crippen LogP contribution in [0.1, 0.15) is 5.56 Å². The lowest BCUT2D eigenvalue weighted by Gasteiger charge is -2.01. The summed E-state index contributed by atoms with van der Waals surface area (Å²) in [6, 6.07) is 7.72. The third-order valence-corrected chi connectivity index (χ3v) is 3.02. The molecular weight excluding hydrogens is 190 g/mol. The molecule has 0 aromatic heterocycles. The Labute approximate surface area is 79.2 Å². The van der Waals surface area contributed by atoms with Gasteiger partial charge in [0.15, 0.2) is 0 Å².